The maximum absolute atomic E-state index is 10.9. The standard InChI is InChI=1S/C7H17N3O2S/c1-2-13(12)4-3-10-5-6(8)7(9)11/h6,10H,2-5,8H2,1H3,(H2,9,11). The van der Waals surface area contributed by atoms with Crippen LogP contribution in [0.3, 0.4) is 0 Å². The van der Waals surface area contributed by atoms with E-state index in [2.05, 4.69) is 5.32 Å². The summed E-state index contributed by atoms with van der Waals surface area (Å²) >= 11 is 0. The van der Waals surface area contributed by atoms with Gasteiger partial charge in [0.05, 0.1) is 6.04 Å². The van der Waals surface area contributed by atoms with Gasteiger partial charge in [-0.3, -0.25) is 9.00 Å². The lowest BCUT2D eigenvalue weighted by molar-refractivity contribution is -0.119. The first-order valence-electron chi connectivity index (χ1n) is 4.18. The lowest BCUT2D eigenvalue weighted by atomic mass is 10.3. The van der Waals surface area contributed by atoms with E-state index in [0.29, 0.717) is 24.6 Å². The van der Waals surface area contributed by atoms with E-state index in [0.717, 1.165) is 0 Å². The highest BCUT2D eigenvalue weighted by Gasteiger charge is 2.07. The quantitative estimate of drug-likeness (QED) is 0.427. The third kappa shape index (κ3) is 6.68. The van der Waals surface area contributed by atoms with E-state index in [1.165, 1.54) is 0 Å². The molecule has 0 aromatic rings. The minimum absolute atomic E-state index is 0.343. The summed E-state index contributed by atoms with van der Waals surface area (Å²) in [6.45, 7) is 2.81. The van der Waals surface area contributed by atoms with E-state index < -0.39 is 22.7 Å². The van der Waals surface area contributed by atoms with Gasteiger partial charge in [0.1, 0.15) is 0 Å². The number of carbonyl (C=O) groups is 1. The average Bonchev–Trinajstić information content (AvgIpc) is 2.11. The van der Waals surface area contributed by atoms with Crippen molar-refractivity contribution in [2.24, 2.45) is 11.5 Å². The Kier molecular flexibility index (Phi) is 6.75. The van der Waals surface area contributed by atoms with Gasteiger partial charge in [-0.05, 0) is 0 Å². The number of carbonyl (C=O) groups excluding carboxylic acids is 1. The van der Waals surface area contributed by atoms with Crippen molar-refractivity contribution >= 4 is 16.7 Å². The summed E-state index contributed by atoms with van der Waals surface area (Å²) in [6.07, 6.45) is 0. The van der Waals surface area contributed by atoms with Gasteiger partial charge in [-0.1, -0.05) is 6.92 Å². The Labute approximate surface area is 80.7 Å². The minimum atomic E-state index is -0.772. The molecule has 0 aromatic heterocycles. The van der Waals surface area contributed by atoms with E-state index in [-0.39, 0.29) is 0 Å². The monoisotopic (exact) mass is 207 g/mol. The predicted octanol–water partition coefficient (Wildman–Crippen LogP) is -1.84. The van der Waals surface area contributed by atoms with Crippen molar-refractivity contribution < 1.29 is 9.00 Å². The molecule has 0 saturated heterocycles. The average molecular weight is 207 g/mol. The van der Waals surface area contributed by atoms with E-state index >= 15 is 0 Å². The lowest BCUT2D eigenvalue weighted by Crippen LogP contribution is -2.44. The molecule has 0 spiro atoms. The molecule has 0 aliphatic carbocycles. The van der Waals surface area contributed by atoms with E-state index in [9.17, 15) is 9.00 Å². The van der Waals surface area contributed by atoms with Crippen molar-refractivity contribution in [1.82, 2.24) is 5.32 Å². The number of amides is 1. The second-order valence-electron chi connectivity index (χ2n) is 2.65. The Bertz CT molecular complexity index is 187. The molecule has 0 aliphatic heterocycles. The molecular weight excluding hydrogens is 190 g/mol. The molecule has 5 nitrogen and oxygen atoms in total. The maximum Gasteiger partial charge on any atom is 0.235 e. The Balaban J connectivity index is 3.35. The molecule has 0 fully saturated rings. The molecule has 0 rings (SSSR count). The Morgan fingerprint density at radius 2 is 2.23 bits per heavy atom. The van der Waals surface area contributed by atoms with Crippen molar-refractivity contribution in [2.75, 3.05) is 24.6 Å². The van der Waals surface area contributed by atoms with E-state index in [1.807, 2.05) is 6.92 Å². The number of nitrogens with one attached hydrogen (secondary N) is 1. The molecule has 0 aromatic carbocycles. The van der Waals surface area contributed by atoms with Crippen LogP contribution in [-0.4, -0.2) is 40.8 Å². The molecule has 0 bridgehead atoms. The normalized spacial score (nSPS) is 15.2. The smallest absolute Gasteiger partial charge is 0.235 e. The van der Waals surface area contributed by atoms with Crippen LogP contribution in [0.5, 0.6) is 0 Å². The van der Waals surface area contributed by atoms with Crippen LogP contribution in [0, 0.1) is 0 Å². The van der Waals surface area contributed by atoms with Crippen LogP contribution in [0.1, 0.15) is 6.92 Å². The predicted molar refractivity (Wildman–Crippen MR) is 53.6 cm³/mol. The molecule has 0 aliphatic rings. The molecule has 6 heteroatoms. The fourth-order valence-corrected chi connectivity index (χ4v) is 1.35. The third-order valence-electron chi connectivity index (χ3n) is 1.56. The topological polar surface area (TPSA) is 98.2 Å². The Hall–Kier alpha value is -0.460. The highest BCUT2D eigenvalue weighted by atomic mass is 32.2. The maximum atomic E-state index is 10.9. The first-order valence-corrected chi connectivity index (χ1v) is 5.67. The highest BCUT2D eigenvalue weighted by molar-refractivity contribution is 7.84. The van der Waals surface area contributed by atoms with Gasteiger partial charge in [-0.15, -0.1) is 0 Å². The second kappa shape index (κ2) is 6.99. The molecule has 0 radical (unpaired) electrons. The first kappa shape index (κ1) is 12.5. The molecule has 13 heavy (non-hydrogen) atoms. The van der Waals surface area contributed by atoms with Crippen LogP contribution in [0.15, 0.2) is 0 Å². The first-order chi connectivity index (χ1) is 6.07. The summed E-state index contributed by atoms with van der Waals surface area (Å²) in [4.78, 5) is 10.5. The van der Waals surface area contributed by atoms with Crippen LogP contribution in [0.2, 0.25) is 0 Å². The van der Waals surface area contributed by atoms with Crippen molar-refractivity contribution in [3.63, 3.8) is 0 Å². The zero-order chi connectivity index (χ0) is 10.3. The zero-order valence-corrected chi connectivity index (χ0v) is 8.60. The van der Waals surface area contributed by atoms with Gasteiger partial charge >= 0.3 is 0 Å². The Morgan fingerprint density at radius 1 is 1.62 bits per heavy atom. The van der Waals surface area contributed by atoms with Gasteiger partial charge in [-0.25, -0.2) is 0 Å². The SMILES string of the molecule is CCS(=O)CCNCC(N)C(N)=O. The van der Waals surface area contributed by atoms with E-state index in [4.69, 9.17) is 11.5 Å². The molecule has 0 saturated carbocycles. The molecule has 5 N–H and O–H groups in total. The van der Waals surface area contributed by atoms with Crippen LogP contribution in [-0.2, 0) is 15.6 Å². The third-order valence-corrected chi connectivity index (χ3v) is 2.86. The molecule has 2 atom stereocenters. The van der Waals surface area contributed by atoms with Gasteiger partial charge in [0.15, 0.2) is 0 Å². The lowest BCUT2D eigenvalue weighted by Gasteiger charge is -2.08. The van der Waals surface area contributed by atoms with Crippen molar-refractivity contribution in [3.8, 4) is 0 Å². The summed E-state index contributed by atoms with van der Waals surface area (Å²) in [7, 11) is -0.772. The summed E-state index contributed by atoms with van der Waals surface area (Å²) in [5, 5.41) is 2.91. The summed E-state index contributed by atoms with van der Waals surface area (Å²) in [6, 6.07) is -0.657. The van der Waals surface area contributed by atoms with Gasteiger partial charge in [0.2, 0.25) is 5.91 Å². The van der Waals surface area contributed by atoms with Gasteiger partial charge < -0.3 is 16.8 Å². The van der Waals surface area contributed by atoms with Gasteiger partial charge in [0.25, 0.3) is 0 Å². The zero-order valence-electron chi connectivity index (χ0n) is 7.79. The number of nitrogens with two attached hydrogens (primary N) is 2. The summed E-state index contributed by atoms with van der Waals surface area (Å²) < 4.78 is 10.9. The fourth-order valence-electron chi connectivity index (χ4n) is 0.688. The molecule has 2 unspecified atom stereocenters. The Morgan fingerprint density at radius 3 is 2.69 bits per heavy atom. The number of primary amides is 1. The van der Waals surface area contributed by atoms with Crippen LogP contribution < -0.4 is 16.8 Å². The summed E-state index contributed by atoms with van der Waals surface area (Å²) in [5.41, 5.74) is 10.3. The van der Waals surface area contributed by atoms with Crippen LogP contribution in [0.4, 0.5) is 0 Å². The van der Waals surface area contributed by atoms with Gasteiger partial charge in [0, 0.05) is 35.4 Å². The highest BCUT2D eigenvalue weighted by Crippen LogP contribution is 1.79. The van der Waals surface area contributed by atoms with Crippen molar-refractivity contribution in [3.05, 3.63) is 0 Å². The molecular formula is C7H17N3O2S. The molecule has 0 heterocycles. The number of hydrogen-bond acceptors (Lipinski definition) is 4. The second-order valence-corrected chi connectivity index (χ2v) is 4.51. The molecule has 1 amide bonds. The van der Waals surface area contributed by atoms with Crippen molar-refractivity contribution in [1.29, 1.82) is 0 Å². The number of hydrogen-bond donors (Lipinski definition) is 3. The largest absolute Gasteiger partial charge is 0.368 e. The van der Waals surface area contributed by atoms with E-state index in [1.54, 1.807) is 0 Å². The fraction of sp³-hybridized carbons (Fsp3) is 0.857. The van der Waals surface area contributed by atoms with Crippen LogP contribution >= 0.6 is 0 Å². The minimum Gasteiger partial charge on any atom is -0.368 e. The number of rotatable bonds is 7. The molecule has 78 valence electrons. The van der Waals surface area contributed by atoms with Crippen molar-refractivity contribution in [2.45, 2.75) is 13.0 Å². The summed E-state index contributed by atoms with van der Waals surface area (Å²) in [5.74, 6) is 0.718. The van der Waals surface area contributed by atoms with Gasteiger partial charge in [-0.2, -0.15) is 0 Å². The van der Waals surface area contributed by atoms with Crippen LogP contribution in [0.25, 0.3) is 0 Å².